The molecule has 8 aromatic rings. The number of aromatic nitrogens is 8. The second kappa shape index (κ2) is 16.4. The van der Waals surface area contributed by atoms with E-state index >= 15 is 0 Å². The predicted molar refractivity (Wildman–Crippen MR) is 242 cm³/mol. The molecule has 62 heavy (non-hydrogen) atoms. The molecule has 0 spiro atoms. The largest absolute Gasteiger partial charge is 0.387 e. The van der Waals surface area contributed by atoms with Crippen molar-refractivity contribution in [2.24, 2.45) is 0 Å². The minimum Gasteiger partial charge on any atom is -0.387 e. The number of aliphatic hydroxyl groups is 1. The zero-order valence-electron chi connectivity index (χ0n) is 34.7. The van der Waals surface area contributed by atoms with E-state index < -0.39 is 6.61 Å². The summed E-state index contributed by atoms with van der Waals surface area (Å²) in [4.78, 5) is 42.1. The molecular formula is C48H50N12O2. The Hall–Kier alpha value is -6.51. The van der Waals surface area contributed by atoms with Crippen LogP contribution in [0.5, 0.6) is 0 Å². The molecule has 14 nitrogen and oxygen atoms in total. The summed E-state index contributed by atoms with van der Waals surface area (Å²) in [7, 11) is 0. The minimum atomic E-state index is -0.459. The molecule has 2 aliphatic heterocycles. The van der Waals surface area contributed by atoms with E-state index in [1.54, 1.807) is 4.90 Å². The van der Waals surface area contributed by atoms with Gasteiger partial charge in [-0.3, -0.25) is 4.79 Å². The first kappa shape index (κ1) is 38.4. The van der Waals surface area contributed by atoms with Crippen LogP contribution in [0, 0.1) is 0 Å². The summed E-state index contributed by atoms with van der Waals surface area (Å²) in [5.74, 6) is 2.40. The van der Waals surface area contributed by atoms with Gasteiger partial charge < -0.3 is 35.1 Å². The highest BCUT2D eigenvalue weighted by atomic mass is 16.3. The van der Waals surface area contributed by atoms with Crippen LogP contribution in [-0.4, -0.2) is 74.6 Å². The van der Waals surface area contributed by atoms with Crippen molar-refractivity contribution in [3.63, 3.8) is 0 Å². The summed E-state index contributed by atoms with van der Waals surface area (Å²) < 4.78 is 4.84. The molecule has 14 heteroatoms. The van der Waals surface area contributed by atoms with E-state index in [0.717, 1.165) is 64.3 Å². The van der Waals surface area contributed by atoms with Crippen LogP contribution in [0.1, 0.15) is 86.0 Å². The Morgan fingerprint density at radius 1 is 0.645 bits per heavy atom. The molecule has 4 aliphatic rings. The van der Waals surface area contributed by atoms with E-state index in [2.05, 4.69) is 89.6 Å². The van der Waals surface area contributed by atoms with Gasteiger partial charge in [0.25, 0.3) is 0 Å². The Morgan fingerprint density at radius 2 is 1.18 bits per heavy atom. The molecule has 6 aromatic heterocycles. The maximum atomic E-state index is 11.8. The highest BCUT2D eigenvalue weighted by molar-refractivity contribution is 6.07. The van der Waals surface area contributed by atoms with E-state index in [0.29, 0.717) is 49.3 Å². The van der Waals surface area contributed by atoms with Crippen LogP contribution in [0.2, 0.25) is 0 Å². The maximum Gasteiger partial charge on any atom is 0.248 e. The Morgan fingerprint density at radius 3 is 1.74 bits per heavy atom. The van der Waals surface area contributed by atoms with Crippen LogP contribution < -0.4 is 16.0 Å². The van der Waals surface area contributed by atoms with Gasteiger partial charge in [0.1, 0.15) is 29.5 Å². The van der Waals surface area contributed by atoms with E-state index in [-0.39, 0.29) is 5.91 Å². The van der Waals surface area contributed by atoms with Crippen LogP contribution in [0.15, 0.2) is 85.2 Å². The molecule has 12 rings (SSSR count). The fourth-order valence-corrected chi connectivity index (χ4v) is 10.2. The standard InChI is InChI=1S/C25H26N6O2.C23H24N6/c32-15-23(33)30-12-11-20-16(14-30)9-10-22(27-20)28-25-26-13-19-18-7-3-4-8-21(18)31(24(19)29-25)17-5-1-2-6-17;1-2-6-16(5-1)29-20-8-4-3-7-17(20)18-14-25-23(28-22(18)29)27-21-10-9-15-13-24-12-11-19(15)26-21/h3-4,7-10,13,17,32H,1-2,5-6,11-12,14-15H2,(H,26,27,28,29);3-4,7-10,14,16,24H,1-2,5-6,11-13H2,(H,25,26,27,28). The van der Waals surface area contributed by atoms with Crippen LogP contribution in [0.4, 0.5) is 23.5 Å². The third-order valence-corrected chi connectivity index (χ3v) is 13.2. The third kappa shape index (κ3) is 7.16. The maximum absolute atomic E-state index is 11.8. The number of benzene rings is 2. The van der Waals surface area contributed by atoms with Gasteiger partial charge in [-0.2, -0.15) is 9.97 Å². The molecule has 4 N–H and O–H groups in total. The van der Waals surface area contributed by atoms with E-state index in [9.17, 15) is 4.79 Å². The van der Waals surface area contributed by atoms with Crippen LogP contribution in [0.3, 0.4) is 0 Å². The van der Waals surface area contributed by atoms with Crippen molar-refractivity contribution < 1.29 is 9.90 Å². The summed E-state index contributed by atoms with van der Waals surface area (Å²) in [6.45, 7) is 2.46. The molecule has 0 atom stereocenters. The van der Waals surface area contributed by atoms with E-state index in [1.165, 1.54) is 78.7 Å². The molecule has 2 fully saturated rings. The molecule has 0 saturated heterocycles. The molecular weight excluding hydrogens is 777 g/mol. The SMILES string of the molecule is O=C(CO)N1CCc2nc(Nc3ncc4c5ccccc5n(C5CCCC5)c4n3)ccc2C1.c1ccc2c(c1)c1cnc(Nc3ccc4c(n3)CCNC4)nc1n2C1CCCC1. The molecule has 2 aliphatic carbocycles. The smallest absolute Gasteiger partial charge is 0.248 e. The Kier molecular flexibility index (Phi) is 10.2. The average Bonchev–Trinajstić information content (AvgIpc) is 4.15. The van der Waals surface area contributed by atoms with E-state index in [4.69, 9.17) is 25.0 Å². The molecule has 1 amide bonds. The summed E-state index contributed by atoms with van der Waals surface area (Å²) in [6, 6.07) is 26.1. The number of amides is 1. The number of rotatable bonds is 7. The van der Waals surface area contributed by atoms with Crippen molar-refractivity contribution in [3.05, 3.63) is 108 Å². The first-order valence-electron chi connectivity index (χ1n) is 22.2. The van der Waals surface area contributed by atoms with Crippen molar-refractivity contribution in [2.45, 2.75) is 89.4 Å². The number of pyridine rings is 2. The first-order valence-corrected chi connectivity index (χ1v) is 22.2. The molecule has 0 radical (unpaired) electrons. The lowest BCUT2D eigenvalue weighted by Gasteiger charge is -2.28. The van der Waals surface area contributed by atoms with Crippen LogP contribution in [0.25, 0.3) is 43.9 Å². The lowest BCUT2D eigenvalue weighted by atomic mass is 10.1. The number of aliphatic hydroxyl groups excluding tert-OH is 1. The van der Waals surface area contributed by atoms with Crippen molar-refractivity contribution in [1.82, 2.24) is 49.3 Å². The van der Waals surface area contributed by atoms with Crippen molar-refractivity contribution in [3.8, 4) is 0 Å². The monoisotopic (exact) mass is 826 g/mol. The van der Waals surface area contributed by atoms with Crippen LogP contribution in [-0.2, 0) is 30.7 Å². The Bertz CT molecular complexity index is 2960. The lowest BCUT2D eigenvalue weighted by molar-refractivity contribution is -0.135. The second-order valence-electron chi connectivity index (χ2n) is 17.0. The number of para-hydroxylation sites is 2. The lowest BCUT2D eigenvalue weighted by Crippen LogP contribution is -2.37. The third-order valence-electron chi connectivity index (χ3n) is 13.2. The highest BCUT2D eigenvalue weighted by Crippen LogP contribution is 2.39. The van der Waals surface area contributed by atoms with Gasteiger partial charge in [-0.15, -0.1) is 0 Å². The van der Waals surface area contributed by atoms with Gasteiger partial charge in [-0.05, 0) is 61.1 Å². The van der Waals surface area contributed by atoms with Gasteiger partial charge in [0.15, 0.2) is 0 Å². The van der Waals surface area contributed by atoms with Crippen molar-refractivity contribution in [1.29, 1.82) is 0 Å². The molecule has 0 bridgehead atoms. The topological polar surface area (TPSA) is 164 Å². The molecule has 2 saturated carbocycles. The number of hydrogen-bond donors (Lipinski definition) is 4. The predicted octanol–water partition coefficient (Wildman–Crippen LogP) is 8.20. The molecule has 8 heterocycles. The van der Waals surface area contributed by atoms with Crippen LogP contribution >= 0.6 is 0 Å². The number of hydrogen-bond acceptors (Lipinski definition) is 11. The fraction of sp³-hybridized carbons (Fsp3) is 0.354. The first-order chi connectivity index (χ1) is 30.6. The van der Waals surface area contributed by atoms with Crippen molar-refractivity contribution >= 4 is 73.3 Å². The van der Waals surface area contributed by atoms with Gasteiger partial charge in [0, 0.05) is 96.4 Å². The average molecular weight is 827 g/mol. The Labute approximate surface area is 358 Å². The summed E-state index contributed by atoms with van der Waals surface area (Å²) in [6.07, 6.45) is 15.4. The normalized spacial score (nSPS) is 16.8. The Balaban J connectivity index is 0.000000140. The summed E-state index contributed by atoms with van der Waals surface area (Å²) >= 11 is 0. The summed E-state index contributed by atoms with van der Waals surface area (Å²) in [5.41, 5.74) is 8.89. The number of nitrogens with one attached hydrogen (secondary N) is 3. The van der Waals surface area contributed by atoms with Gasteiger partial charge in [0.05, 0.1) is 11.0 Å². The molecule has 0 unspecified atom stereocenters. The molecule has 2 aromatic carbocycles. The van der Waals surface area contributed by atoms with Gasteiger partial charge in [-0.25, -0.2) is 19.9 Å². The second-order valence-corrected chi connectivity index (χ2v) is 17.0. The van der Waals surface area contributed by atoms with Gasteiger partial charge >= 0.3 is 0 Å². The van der Waals surface area contributed by atoms with Gasteiger partial charge in [0.2, 0.25) is 17.8 Å². The zero-order valence-corrected chi connectivity index (χ0v) is 34.7. The van der Waals surface area contributed by atoms with E-state index in [1.807, 2.05) is 30.6 Å². The quantitative estimate of drug-likeness (QED) is 0.123. The van der Waals surface area contributed by atoms with Gasteiger partial charge in [-0.1, -0.05) is 74.2 Å². The summed E-state index contributed by atoms with van der Waals surface area (Å²) in [5, 5.41) is 23.8. The molecule has 314 valence electrons. The number of carbonyl (C=O) groups is 1. The fourth-order valence-electron chi connectivity index (χ4n) is 10.2. The number of anilines is 4. The number of nitrogens with zero attached hydrogens (tertiary/aromatic N) is 9. The highest BCUT2D eigenvalue weighted by Gasteiger charge is 2.26. The number of fused-ring (bicyclic) bond motifs is 8. The zero-order chi connectivity index (χ0) is 41.6. The van der Waals surface area contributed by atoms with Crippen molar-refractivity contribution in [2.75, 3.05) is 30.3 Å². The number of carbonyl (C=O) groups excluding carboxylic acids is 1. The minimum absolute atomic E-state index is 0.248.